The van der Waals surface area contributed by atoms with E-state index in [0.29, 0.717) is 5.56 Å². The highest BCUT2D eigenvalue weighted by atomic mass is 32.2. The molecule has 0 radical (unpaired) electrons. The van der Waals surface area contributed by atoms with Gasteiger partial charge < -0.3 is 10.4 Å². The first kappa shape index (κ1) is 18.7. The molecule has 0 spiro atoms. The molecule has 1 fully saturated rings. The van der Waals surface area contributed by atoms with E-state index in [1.165, 1.54) is 0 Å². The topological polar surface area (TPSA) is 66.4 Å². The van der Waals surface area contributed by atoms with Crippen LogP contribution in [0.5, 0.6) is 0 Å². The molecular weight excluding hydrogens is 336 g/mol. The van der Waals surface area contributed by atoms with Gasteiger partial charge in [-0.25, -0.2) is 8.78 Å². The molecule has 1 aromatic carbocycles. The Morgan fingerprint density at radius 1 is 1.29 bits per heavy atom. The van der Waals surface area contributed by atoms with Crippen LogP contribution in [0.25, 0.3) is 0 Å². The molecule has 2 rings (SSSR count). The molecule has 0 aliphatic heterocycles. The second-order valence-corrected chi connectivity index (χ2v) is 6.94. The van der Waals surface area contributed by atoms with Crippen LogP contribution < -0.4 is 5.32 Å². The smallest absolute Gasteiger partial charge is 0.305 e. The first-order valence-electron chi connectivity index (χ1n) is 7.84. The maximum atomic E-state index is 13.2. The molecule has 24 heavy (non-hydrogen) atoms. The van der Waals surface area contributed by atoms with E-state index in [-0.39, 0.29) is 38.0 Å². The highest BCUT2D eigenvalue weighted by Gasteiger charge is 2.37. The van der Waals surface area contributed by atoms with Crippen LogP contribution in [0.15, 0.2) is 29.2 Å². The molecule has 1 aromatic rings. The van der Waals surface area contributed by atoms with Gasteiger partial charge >= 0.3 is 5.97 Å². The lowest BCUT2D eigenvalue weighted by atomic mass is 9.86. The summed E-state index contributed by atoms with van der Waals surface area (Å²) in [5.74, 6) is -4.54. The summed E-state index contributed by atoms with van der Waals surface area (Å²) in [7, 11) is 0. The first-order chi connectivity index (χ1) is 11.3. The summed E-state index contributed by atoms with van der Waals surface area (Å²) in [6.45, 7) is 0. The lowest BCUT2D eigenvalue weighted by molar-refractivity contribution is -0.138. The zero-order valence-electron chi connectivity index (χ0n) is 13.4. The van der Waals surface area contributed by atoms with Gasteiger partial charge in [0.25, 0.3) is 0 Å². The van der Waals surface area contributed by atoms with Crippen molar-refractivity contribution in [3.63, 3.8) is 0 Å². The number of hydrogen-bond acceptors (Lipinski definition) is 3. The molecule has 7 heteroatoms. The van der Waals surface area contributed by atoms with E-state index in [2.05, 4.69) is 5.32 Å². The minimum Gasteiger partial charge on any atom is -0.481 e. The van der Waals surface area contributed by atoms with Crippen LogP contribution in [0.3, 0.4) is 0 Å². The van der Waals surface area contributed by atoms with Crippen molar-refractivity contribution in [2.24, 2.45) is 5.92 Å². The second kappa shape index (κ2) is 7.96. The molecule has 1 unspecified atom stereocenters. The Kier molecular flexibility index (Phi) is 6.21. The summed E-state index contributed by atoms with van der Waals surface area (Å²) in [6.07, 6.45) is 1.36. The number of carbonyl (C=O) groups excluding carboxylic acids is 1. The summed E-state index contributed by atoms with van der Waals surface area (Å²) in [4.78, 5) is 24.5. The highest BCUT2D eigenvalue weighted by molar-refractivity contribution is 7.98. The van der Waals surface area contributed by atoms with E-state index in [9.17, 15) is 18.4 Å². The monoisotopic (exact) mass is 357 g/mol. The third-order valence-corrected chi connectivity index (χ3v) is 5.04. The van der Waals surface area contributed by atoms with Crippen molar-refractivity contribution in [1.82, 2.24) is 5.32 Å². The number of rotatable bonds is 6. The van der Waals surface area contributed by atoms with Gasteiger partial charge in [0, 0.05) is 23.7 Å². The fraction of sp³-hybridized carbons (Fsp3) is 0.529. The fourth-order valence-corrected chi connectivity index (χ4v) is 3.26. The molecule has 4 nitrogen and oxygen atoms in total. The summed E-state index contributed by atoms with van der Waals surface area (Å²) < 4.78 is 26.4. The first-order valence-corrected chi connectivity index (χ1v) is 9.07. The normalized spacial score (nSPS) is 18.8. The van der Waals surface area contributed by atoms with Gasteiger partial charge in [0.05, 0.1) is 12.5 Å². The molecule has 1 saturated carbocycles. The van der Waals surface area contributed by atoms with Crippen LogP contribution >= 0.6 is 11.8 Å². The summed E-state index contributed by atoms with van der Waals surface area (Å²) in [5, 5.41) is 11.8. The van der Waals surface area contributed by atoms with E-state index < -0.39 is 23.9 Å². The SMILES string of the molecule is CSc1ccc(C(CC(=O)O)NC(=O)C2CCC(F)(F)CC2)cc1. The lowest BCUT2D eigenvalue weighted by Gasteiger charge is -2.29. The minimum atomic E-state index is -2.69. The fourth-order valence-electron chi connectivity index (χ4n) is 2.85. The third-order valence-electron chi connectivity index (χ3n) is 4.30. The molecule has 1 aliphatic rings. The number of hydrogen-bond donors (Lipinski definition) is 2. The molecule has 0 heterocycles. The van der Waals surface area contributed by atoms with Crippen LogP contribution in [-0.2, 0) is 9.59 Å². The second-order valence-electron chi connectivity index (χ2n) is 6.06. The molecule has 0 aromatic heterocycles. The third kappa shape index (κ3) is 5.19. The molecule has 132 valence electrons. The van der Waals surface area contributed by atoms with Gasteiger partial charge in [-0.15, -0.1) is 11.8 Å². The van der Waals surface area contributed by atoms with Crippen molar-refractivity contribution in [2.75, 3.05) is 6.26 Å². The van der Waals surface area contributed by atoms with E-state index in [4.69, 9.17) is 5.11 Å². The minimum absolute atomic E-state index is 0.129. The van der Waals surface area contributed by atoms with Crippen LogP contribution in [0.2, 0.25) is 0 Å². The van der Waals surface area contributed by atoms with Crippen LogP contribution in [0.1, 0.15) is 43.7 Å². The zero-order valence-corrected chi connectivity index (χ0v) is 14.2. The Morgan fingerprint density at radius 2 is 1.88 bits per heavy atom. The Labute approximate surface area is 144 Å². The molecule has 1 amide bonds. The van der Waals surface area contributed by atoms with Crippen molar-refractivity contribution in [3.8, 4) is 0 Å². The van der Waals surface area contributed by atoms with Gasteiger partial charge in [0.15, 0.2) is 0 Å². The molecule has 1 aliphatic carbocycles. The average molecular weight is 357 g/mol. The number of carboxylic acids is 1. The quantitative estimate of drug-likeness (QED) is 0.759. The number of thioether (sulfide) groups is 1. The van der Waals surface area contributed by atoms with Crippen LogP contribution in [-0.4, -0.2) is 29.2 Å². The molecule has 1 atom stereocenters. The molecular formula is C17H21F2NO3S. The summed E-state index contributed by atoms with van der Waals surface area (Å²) in [5.41, 5.74) is 0.699. The molecule has 0 saturated heterocycles. The predicted octanol–water partition coefficient (Wildman–Crippen LogP) is 3.87. The van der Waals surface area contributed by atoms with Crippen molar-refractivity contribution in [3.05, 3.63) is 29.8 Å². The summed E-state index contributed by atoms with van der Waals surface area (Å²) in [6, 6.07) is 6.64. The Hall–Kier alpha value is -1.63. The van der Waals surface area contributed by atoms with Gasteiger partial charge in [0.1, 0.15) is 0 Å². The van der Waals surface area contributed by atoms with Gasteiger partial charge in [-0.3, -0.25) is 9.59 Å². The number of benzene rings is 1. The zero-order chi connectivity index (χ0) is 17.7. The Balaban J connectivity index is 2.05. The van der Waals surface area contributed by atoms with Crippen LogP contribution in [0.4, 0.5) is 8.78 Å². The highest BCUT2D eigenvalue weighted by Crippen LogP contribution is 2.36. The number of carbonyl (C=O) groups is 2. The Morgan fingerprint density at radius 3 is 2.38 bits per heavy atom. The number of nitrogens with one attached hydrogen (secondary N) is 1. The van der Waals surface area contributed by atoms with Crippen molar-refractivity contribution in [1.29, 1.82) is 0 Å². The largest absolute Gasteiger partial charge is 0.481 e. The van der Waals surface area contributed by atoms with Crippen molar-refractivity contribution >= 4 is 23.6 Å². The number of halogens is 2. The number of carboxylic acid groups (broad SMARTS) is 1. The lowest BCUT2D eigenvalue weighted by Crippen LogP contribution is -2.38. The van der Waals surface area contributed by atoms with E-state index in [0.717, 1.165) is 4.90 Å². The standard InChI is InChI=1S/C17H21F2NO3S/c1-24-13-4-2-11(3-5-13)14(10-15(21)22)20-16(23)12-6-8-17(18,19)9-7-12/h2-5,12,14H,6-10H2,1H3,(H,20,23)(H,21,22). The average Bonchev–Trinajstić information content (AvgIpc) is 2.53. The number of aliphatic carboxylic acids is 1. The number of amides is 1. The van der Waals surface area contributed by atoms with E-state index in [1.807, 2.05) is 18.4 Å². The van der Waals surface area contributed by atoms with Crippen molar-refractivity contribution in [2.45, 2.75) is 49.0 Å². The molecule has 0 bridgehead atoms. The number of alkyl halides is 2. The Bertz CT molecular complexity index is 582. The van der Waals surface area contributed by atoms with Crippen LogP contribution in [0, 0.1) is 5.92 Å². The van der Waals surface area contributed by atoms with Gasteiger partial charge in [-0.1, -0.05) is 12.1 Å². The predicted molar refractivity (Wildman–Crippen MR) is 88.3 cm³/mol. The van der Waals surface area contributed by atoms with Gasteiger partial charge in [0.2, 0.25) is 11.8 Å². The maximum Gasteiger partial charge on any atom is 0.305 e. The summed E-state index contributed by atoms with van der Waals surface area (Å²) >= 11 is 1.56. The van der Waals surface area contributed by atoms with Gasteiger partial charge in [-0.05, 0) is 36.8 Å². The molecule has 2 N–H and O–H groups in total. The maximum absolute atomic E-state index is 13.2. The van der Waals surface area contributed by atoms with E-state index in [1.54, 1.807) is 23.9 Å². The van der Waals surface area contributed by atoms with E-state index >= 15 is 0 Å². The van der Waals surface area contributed by atoms with Crippen molar-refractivity contribution < 1.29 is 23.5 Å². The van der Waals surface area contributed by atoms with Gasteiger partial charge in [-0.2, -0.15) is 0 Å².